The first-order valence-corrected chi connectivity index (χ1v) is 7.03. The number of hydrogen-bond acceptors (Lipinski definition) is 2. The molecule has 2 heteroatoms. The van der Waals surface area contributed by atoms with Crippen LogP contribution >= 0.6 is 0 Å². The third-order valence-corrected chi connectivity index (χ3v) is 3.16. The van der Waals surface area contributed by atoms with Gasteiger partial charge in [-0.25, -0.2) is 0 Å². The predicted molar refractivity (Wildman–Crippen MR) is 71.1 cm³/mol. The van der Waals surface area contributed by atoms with Crippen LogP contribution in [0.1, 0.15) is 58.8 Å². The van der Waals surface area contributed by atoms with E-state index in [1.807, 2.05) is 0 Å². The third-order valence-electron chi connectivity index (χ3n) is 3.16. The second kappa shape index (κ2) is 8.49. The largest absolute Gasteiger partial charge is 0.359 e. The zero-order valence-electron chi connectivity index (χ0n) is 11.1. The van der Waals surface area contributed by atoms with Crippen LogP contribution in [0.5, 0.6) is 0 Å². The van der Waals surface area contributed by atoms with Crippen LogP contribution in [0, 0.1) is 0 Å². The molecule has 0 amide bonds. The van der Waals surface area contributed by atoms with Gasteiger partial charge in [0, 0.05) is 25.5 Å². The van der Waals surface area contributed by atoms with Gasteiger partial charge in [0.2, 0.25) is 0 Å². The first kappa shape index (κ1) is 13.4. The van der Waals surface area contributed by atoms with Crippen molar-refractivity contribution in [3.63, 3.8) is 0 Å². The van der Waals surface area contributed by atoms with Gasteiger partial charge < -0.3 is 9.80 Å². The lowest BCUT2D eigenvalue weighted by Crippen LogP contribution is -2.26. The molecule has 0 unspecified atom stereocenters. The van der Waals surface area contributed by atoms with E-state index in [9.17, 15) is 0 Å². The molecule has 0 N–H and O–H groups in total. The van der Waals surface area contributed by atoms with Gasteiger partial charge in [0.25, 0.3) is 0 Å². The molecule has 0 spiro atoms. The molecule has 0 fully saturated rings. The zero-order chi connectivity index (χ0) is 11.6. The molecule has 0 aromatic heterocycles. The van der Waals surface area contributed by atoms with Gasteiger partial charge >= 0.3 is 0 Å². The van der Waals surface area contributed by atoms with Crippen molar-refractivity contribution >= 4 is 0 Å². The predicted octanol–water partition coefficient (Wildman–Crippen LogP) is 3.80. The molecule has 0 atom stereocenters. The molecule has 1 aliphatic rings. The van der Waals surface area contributed by atoms with Crippen molar-refractivity contribution in [3.05, 3.63) is 12.4 Å². The van der Waals surface area contributed by atoms with Gasteiger partial charge in [0.1, 0.15) is 0 Å². The van der Waals surface area contributed by atoms with Crippen molar-refractivity contribution in [3.8, 4) is 0 Å². The first-order valence-electron chi connectivity index (χ1n) is 7.03. The highest BCUT2D eigenvalue weighted by atomic mass is 15.3. The minimum atomic E-state index is 1.11. The van der Waals surface area contributed by atoms with Gasteiger partial charge in [-0.3, -0.25) is 0 Å². The Morgan fingerprint density at radius 1 is 0.750 bits per heavy atom. The van der Waals surface area contributed by atoms with Crippen molar-refractivity contribution in [1.29, 1.82) is 0 Å². The normalized spacial score (nSPS) is 15.1. The van der Waals surface area contributed by atoms with E-state index >= 15 is 0 Å². The van der Waals surface area contributed by atoms with E-state index in [0.717, 1.165) is 6.67 Å². The Hall–Kier alpha value is -0.660. The van der Waals surface area contributed by atoms with Crippen LogP contribution in [-0.4, -0.2) is 29.6 Å². The van der Waals surface area contributed by atoms with E-state index in [4.69, 9.17) is 0 Å². The van der Waals surface area contributed by atoms with Crippen molar-refractivity contribution in [2.24, 2.45) is 0 Å². The summed E-state index contributed by atoms with van der Waals surface area (Å²) in [6.45, 7) is 8.07. The fraction of sp³-hybridized carbons (Fsp3) is 0.857. The Morgan fingerprint density at radius 2 is 1.38 bits per heavy atom. The van der Waals surface area contributed by atoms with Crippen LogP contribution in [0.4, 0.5) is 0 Å². The van der Waals surface area contributed by atoms with E-state index in [2.05, 4.69) is 36.0 Å². The molecular formula is C14H28N2. The monoisotopic (exact) mass is 224 g/mol. The fourth-order valence-corrected chi connectivity index (χ4v) is 2.19. The standard InChI is InChI=1S/C14H28N2/c1-3-5-6-7-8-9-11-16-13-12-15(14-16)10-4-2/h12-13H,3-11,14H2,1-2H3. The molecule has 94 valence electrons. The summed E-state index contributed by atoms with van der Waals surface area (Å²) in [4.78, 5) is 4.84. The van der Waals surface area contributed by atoms with E-state index in [0.29, 0.717) is 0 Å². The van der Waals surface area contributed by atoms with Crippen LogP contribution in [0.15, 0.2) is 12.4 Å². The Labute approximate surface area is 101 Å². The highest BCUT2D eigenvalue weighted by Crippen LogP contribution is 2.10. The van der Waals surface area contributed by atoms with Gasteiger partial charge in [0.15, 0.2) is 0 Å². The molecule has 0 saturated carbocycles. The molecule has 1 aliphatic heterocycles. The van der Waals surface area contributed by atoms with Crippen LogP contribution in [0.25, 0.3) is 0 Å². The fourth-order valence-electron chi connectivity index (χ4n) is 2.19. The Morgan fingerprint density at radius 3 is 2.06 bits per heavy atom. The summed E-state index contributed by atoms with van der Waals surface area (Å²) < 4.78 is 0. The number of nitrogens with zero attached hydrogens (tertiary/aromatic N) is 2. The lowest BCUT2D eigenvalue weighted by atomic mass is 10.1. The average molecular weight is 224 g/mol. The molecule has 2 nitrogen and oxygen atoms in total. The molecule has 1 heterocycles. The second-order valence-corrected chi connectivity index (χ2v) is 4.83. The van der Waals surface area contributed by atoms with E-state index in [1.165, 1.54) is 58.0 Å². The lowest BCUT2D eigenvalue weighted by Gasteiger charge is -2.20. The van der Waals surface area contributed by atoms with Crippen LogP contribution in [0.2, 0.25) is 0 Å². The Bertz CT molecular complexity index is 189. The van der Waals surface area contributed by atoms with E-state index < -0.39 is 0 Å². The van der Waals surface area contributed by atoms with Gasteiger partial charge in [-0.05, 0) is 12.8 Å². The zero-order valence-corrected chi connectivity index (χ0v) is 11.1. The molecule has 0 bridgehead atoms. The summed E-state index contributed by atoms with van der Waals surface area (Å²) in [7, 11) is 0. The number of rotatable bonds is 9. The number of hydrogen-bond donors (Lipinski definition) is 0. The minimum absolute atomic E-state index is 1.11. The average Bonchev–Trinajstić information content (AvgIpc) is 2.72. The molecule has 0 aromatic rings. The van der Waals surface area contributed by atoms with Crippen molar-refractivity contribution in [2.45, 2.75) is 58.8 Å². The topological polar surface area (TPSA) is 6.48 Å². The summed E-state index contributed by atoms with van der Waals surface area (Å²) in [5.74, 6) is 0. The molecular weight excluding hydrogens is 196 g/mol. The van der Waals surface area contributed by atoms with Crippen LogP contribution in [0.3, 0.4) is 0 Å². The summed E-state index contributed by atoms with van der Waals surface area (Å²) in [5.41, 5.74) is 0. The SMILES string of the molecule is CCCCCCCCN1C=CN(CCC)C1. The van der Waals surface area contributed by atoms with Gasteiger partial charge in [-0.1, -0.05) is 46.0 Å². The molecule has 0 radical (unpaired) electrons. The van der Waals surface area contributed by atoms with Crippen LogP contribution in [-0.2, 0) is 0 Å². The Kier molecular flexibility index (Phi) is 7.11. The maximum absolute atomic E-state index is 2.44. The molecule has 1 rings (SSSR count). The summed E-state index contributed by atoms with van der Waals surface area (Å²) in [6.07, 6.45) is 14.1. The van der Waals surface area contributed by atoms with Crippen molar-refractivity contribution in [2.75, 3.05) is 19.8 Å². The van der Waals surface area contributed by atoms with Crippen LogP contribution < -0.4 is 0 Å². The molecule has 16 heavy (non-hydrogen) atoms. The maximum Gasteiger partial charge on any atom is 0.0893 e. The second-order valence-electron chi connectivity index (χ2n) is 4.83. The maximum atomic E-state index is 2.44. The van der Waals surface area contributed by atoms with Crippen molar-refractivity contribution in [1.82, 2.24) is 9.80 Å². The quantitative estimate of drug-likeness (QED) is 0.550. The van der Waals surface area contributed by atoms with E-state index in [-0.39, 0.29) is 0 Å². The van der Waals surface area contributed by atoms with Gasteiger partial charge in [0.05, 0.1) is 6.67 Å². The van der Waals surface area contributed by atoms with Gasteiger partial charge in [-0.15, -0.1) is 0 Å². The minimum Gasteiger partial charge on any atom is -0.359 e. The first-order chi connectivity index (χ1) is 7.86. The molecule has 0 saturated heterocycles. The number of unbranched alkanes of at least 4 members (excludes halogenated alkanes) is 5. The van der Waals surface area contributed by atoms with Crippen molar-refractivity contribution < 1.29 is 0 Å². The Balaban J connectivity index is 1.93. The smallest absolute Gasteiger partial charge is 0.0893 e. The summed E-state index contributed by atoms with van der Waals surface area (Å²) in [5, 5.41) is 0. The molecule has 0 aliphatic carbocycles. The highest BCUT2D eigenvalue weighted by molar-refractivity contribution is 4.89. The third kappa shape index (κ3) is 5.43. The van der Waals surface area contributed by atoms with Gasteiger partial charge in [-0.2, -0.15) is 0 Å². The summed E-state index contributed by atoms with van der Waals surface area (Å²) >= 11 is 0. The van der Waals surface area contributed by atoms with E-state index in [1.54, 1.807) is 0 Å². The molecule has 0 aromatic carbocycles. The summed E-state index contributed by atoms with van der Waals surface area (Å²) in [6, 6.07) is 0. The lowest BCUT2D eigenvalue weighted by molar-refractivity contribution is 0.261. The highest BCUT2D eigenvalue weighted by Gasteiger charge is 2.09.